The number of nitrogens with one attached hydrogen (secondary N) is 3. The number of rotatable bonds is 7. The summed E-state index contributed by atoms with van der Waals surface area (Å²) in [5.74, 6) is -0.517. The number of esters is 1. The number of hydrogen-bond acceptors (Lipinski definition) is 4. The molecule has 0 saturated carbocycles. The zero-order chi connectivity index (χ0) is 24.8. The normalized spacial score (nSPS) is 15.6. The highest BCUT2D eigenvalue weighted by atomic mass is 35.5. The second-order valence-electron chi connectivity index (χ2n) is 8.05. The van der Waals surface area contributed by atoms with Crippen LogP contribution in [0.2, 0.25) is 5.02 Å². The monoisotopic (exact) mass is 484 g/mol. The molecule has 3 N–H and O–H groups in total. The third-order valence-corrected chi connectivity index (χ3v) is 6.05. The van der Waals surface area contributed by atoms with Gasteiger partial charge in [0.25, 0.3) is 0 Å². The van der Waals surface area contributed by atoms with Gasteiger partial charge in [-0.25, -0.2) is 14.4 Å². The van der Waals surface area contributed by atoms with Gasteiger partial charge in [0.1, 0.15) is 0 Å². The molecule has 1 atom stereocenters. The topological polar surface area (TPSA) is 99.8 Å². The number of unbranched alkanes of at least 4 members (excludes halogenated alkanes) is 1. The molecule has 1 aliphatic rings. The molecule has 1 aliphatic heterocycles. The molecule has 180 valence electrons. The fourth-order valence-electron chi connectivity index (χ4n) is 3.75. The number of anilines is 2. The van der Waals surface area contributed by atoms with Crippen LogP contribution in [0.3, 0.4) is 0 Å². The Morgan fingerprint density at radius 2 is 1.82 bits per heavy atom. The Morgan fingerprint density at radius 1 is 1.12 bits per heavy atom. The van der Waals surface area contributed by atoms with Crippen LogP contribution in [0.5, 0.6) is 0 Å². The Bertz CT molecular complexity index is 1130. The van der Waals surface area contributed by atoms with Gasteiger partial charge in [0.15, 0.2) is 0 Å². The summed E-state index contributed by atoms with van der Waals surface area (Å²) in [5.41, 5.74) is 3.52. The van der Waals surface area contributed by atoms with E-state index in [1.165, 1.54) is 7.11 Å². The fourth-order valence-corrected chi connectivity index (χ4v) is 3.93. The second-order valence-corrected chi connectivity index (χ2v) is 8.45. The molecule has 0 unspecified atom stereocenters. The van der Waals surface area contributed by atoms with E-state index in [9.17, 15) is 14.4 Å². The first-order valence-electron chi connectivity index (χ1n) is 11.1. The van der Waals surface area contributed by atoms with Crippen LogP contribution in [0.25, 0.3) is 0 Å². The quantitative estimate of drug-likeness (QED) is 0.445. The number of allylic oxidation sites excluding steroid dienone is 1. The summed E-state index contributed by atoms with van der Waals surface area (Å²) >= 11 is 6.13. The van der Waals surface area contributed by atoms with Crippen LogP contribution in [-0.4, -0.2) is 36.6 Å². The van der Waals surface area contributed by atoms with E-state index in [1.807, 2.05) is 19.9 Å². The van der Waals surface area contributed by atoms with Gasteiger partial charge in [-0.2, -0.15) is 0 Å². The maximum absolute atomic E-state index is 12.8. The number of carbonyl (C=O) groups excluding carboxylic acids is 3. The molecule has 0 bridgehead atoms. The molecule has 2 aromatic carbocycles. The minimum Gasteiger partial charge on any atom is -0.466 e. The van der Waals surface area contributed by atoms with Crippen molar-refractivity contribution in [2.75, 3.05) is 24.3 Å². The Labute approximate surface area is 204 Å². The summed E-state index contributed by atoms with van der Waals surface area (Å²) in [6.07, 6.45) is 1.73. The first kappa shape index (κ1) is 25.1. The number of aryl methyl sites for hydroxylation is 1. The van der Waals surface area contributed by atoms with Crippen LogP contribution < -0.4 is 16.0 Å². The molecule has 0 aliphatic carbocycles. The summed E-state index contributed by atoms with van der Waals surface area (Å²) in [7, 11) is 1.31. The smallest absolute Gasteiger partial charge is 0.337 e. The zero-order valence-electron chi connectivity index (χ0n) is 19.7. The minimum absolute atomic E-state index is 0.282. The van der Waals surface area contributed by atoms with Gasteiger partial charge in [0, 0.05) is 28.6 Å². The van der Waals surface area contributed by atoms with Gasteiger partial charge < -0.3 is 20.7 Å². The van der Waals surface area contributed by atoms with Crippen molar-refractivity contribution < 1.29 is 19.1 Å². The van der Waals surface area contributed by atoms with Gasteiger partial charge >= 0.3 is 18.0 Å². The Balaban J connectivity index is 1.84. The highest BCUT2D eigenvalue weighted by Gasteiger charge is 2.36. The van der Waals surface area contributed by atoms with Crippen LogP contribution in [0.15, 0.2) is 53.7 Å². The predicted molar refractivity (Wildman–Crippen MR) is 133 cm³/mol. The lowest BCUT2D eigenvalue weighted by Crippen LogP contribution is -2.48. The van der Waals surface area contributed by atoms with Crippen molar-refractivity contribution in [1.82, 2.24) is 10.2 Å². The number of hydrogen-bond donors (Lipinski definition) is 3. The average molecular weight is 485 g/mol. The molecular weight excluding hydrogens is 456 g/mol. The third-order valence-electron chi connectivity index (χ3n) is 5.64. The van der Waals surface area contributed by atoms with E-state index in [0.29, 0.717) is 39.8 Å². The predicted octanol–water partition coefficient (Wildman–Crippen LogP) is 5.61. The fraction of sp³-hybridized carbons (Fsp3) is 0.320. The van der Waals surface area contributed by atoms with Gasteiger partial charge in [0.05, 0.1) is 18.7 Å². The van der Waals surface area contributed by atoms with E-state index in [4.69, 9.17) is 16.3 Å². The van der Waals surface area contributed by atoms with Crippen LogP contribution in [0.1, 0.15) is 43.9 Å². The lowest BCUT2D eigenvalue weighted by atomic mass is 9.94. The summed E-state index contributed by atoms with van der Waals surface area (Å²) in [4.78, 5) is 39.5. The molecule has 0 spiro atoms. The number of carbonyl (C=O) groups is 3. The number of ether oxygens (including phenoxy) is 1. The molecule has 0 aromatic heterocycles. The van der Waals surface area contributed by atoms with E-state index in [0.717, 1.165) is 18.4 Å². The van der Waals surface area contributed by atoms with Crippen molar-refractivity contribution in [2.24, 2.45) is 0 Å². The van der Waals surface area contributed by atoms with E-state index >= 15 is 0 Å². The molecular formula is C25H29ClN4O4. The number of methoxy groups -OCH3 is 1. The molecule has 34 heavy (non-hydrogen) atoms. The molecule has 3 rings (SSSR count). The molecule has 1 heterocycles. The van der Waals surface area contributed by atoms with Crippen molar-refractivity contribution in [3.63, 3.8) is 0 Å². The molecule has 8 nitrogen and oxygen atoms in total. The zero-order valence-corrected chi connectivity index (χ0v) is 20.5. The summed E-state index contributed by atoms with van der Waals surface area (Å²) in [6.45, 7) is 6.17. The summed E-state index contributed by atoms with van der Waals surface area (Å²) in [5, 5.41) is 8.97. The van der Waals surface area contributed by atoms with E-state index in [1.54, 1.807) is 48.2 Å². The van der Waals surface area contributed by atoms with Crippen LogP contribution in [0.4, 0.5) is 21.0 Å². The highest BCUT2D eigenvalue weighted by Crippen LogP contribution is 2.32. The van der Waals surface area contributed by atoms with E-state index in [2.05, 4.69) is 16.0 Å². The lowest BCUT2D eigenvalue weighted by Gasteiger charge is -2.35. The van der Waals surface area contributed by atoms with Gasteiger partial charge in [-0.05, 0) is 55.7 Å². The maximum atomic E-state index is 12.8. The average Bonchev–Trinajstić information content (AvgIpc) is 2.80. The third kappa shape index (κ3) is 5.69. The Kier molecular flexibility index (Phi) is 8.17. The lowest BCUT2D eigenvalue weighted by molar-refractivity contribution is -0.136. The number of halogens is 1. The number of benzene rings is 2. The van der Waals surface area contributed by atoms with Gasteiger partial charge in [0.2, 0.25) is 0 Å². The van der Waals surface area contributed by atoms with E-state index < -0.39 is 18.0 Å². The second kappa shape index (κ2) is 11.1. The van der Waals surface area contributed by atoms with Crippen LogP contribution in [0, 0.1) is 6.92 Å². The van der Waals surface area contributed by atoms with E-state index in [-0.39, 0.29) is 6.03 Å². The molecule has 4 amide bonds. The number of amides is 4. The van der Waals surface area contributed by atoms with Crippen molar-refractivity contribution in [2.45, 2.75) is 39.7 Å². The Morgan fingerprint density at radius 3 is 2.47 bits per heavy atom. The molecule has 2 aromatic rings. The SMILES string of the molecule is CCCCN1C(=O)N[C@H](c2cccc(NC(=O)Nc3ccc(C)c(Cl)c3)c2)C(C(=O)OC)=C1C. The summed E-state index contributed by atoms with van der Waals surface area (Å²) < 4.78 is 5.01. The van der Waals surface area contributed by atoms with Crippen molar-refractivity contribution in [1.29, 1.82) is 0 Å². The first-order chi connectivity index (χ1) is 16.2. The maximum Gasteiger partial charge on any atom is 0.337 e. The van der Waals surface area contributed by atoms with Crippen molar-refractivity contribution in [3.8, 4) is 0 Å². The molecule has 0 saturated heterocycles. The van der Waals surface area contributed by atoms with Gasteiger partial charge in [-0.15, -0.1) is 0 Å². The van der Waals surface area contributed by atoms with Gasteiger partial charge in [-0.1, -0.05) is 43.1 Å². The van der Waals surface area contributed by atoms with Crippen molar-refractivity contribution >= 4 is 41.0 Å². The molecule has 0 fully saturated rings. The Hall–Kier alpha value is -3.52. The van der Waals surface area contributed by atoms with Crippen LogP contribution in [-0.2, 0) is 9.53 Å². The van der Waals surface area contributed by atoms with Gasteiger partial charge in [-0.3, -0.25) is 4.90 Å². The first-order valence-corrected chi connectivity index (χ1v) is 11.4. The summed E-state index contributed by atoms with van der Waals surface area (Å²) in [6, 6.07) is 10.8. The van der Waals surface area contributed by atoms with Crippen molar-refractivity contribution in [3.05, 3.63) is 69.9 Å². The largest absolute Gasteiger partial charge is 0.466 e. The van der Waals surface area contributed by atoms with Crippen LogP contribution >= 0.6 is 11.6 Å². The number of nitrogens with zero attached hydrogens (tertiary/aromatic N) is 1. The molecule has 9 heteroatoms. The number of urea groups is 2. The minimum atomic E-state index is -0.710. The highest BCUT2D eigenvalue weighted by molar-refractivity contribution is 6.31. The standard InChI is InChI=1S/C25H29ClN4O4/c1-5-6-12-30-16(3)21(23(31)34-4)22(29-25(30)33)17-8-7-9-18(13-17)27-24(32)28-19-11-10-15(2)20(26)14-19/h7-11,13-14,22H,5-6,12H2,1-4H3,(H,29,33)(H2,27,28,32)/t22-/m1/s1. The molecule has 0 radical (unpaired) electrons.